The van der Waals surface area contributed by atoms with Gasteiger partial charge in [-0.3, -0.25) is 9.59 Å². The number of aromatic nitrogens is 1. The molecular weight excluding hydrogens is 348 g/mol. The maximum absolute atomic E-state index is 12.5. The minimum absolute atomic E-state index is 0.131. The van der Waals surface area contributed by atoms with Crippen molar-refractivity contribution in [2.75, 3.05) is 5.32 Å². The van der Waals surface area contributed by atoms with E-state index >= 15 is 0 Å². The van der Waals surface area contributed by atoms with Crippen LogP contribution in [0.4, 0.5) is 5.13 Å². The number of hydrogen-bond acceptors (Lipinski definition) is 5. The van der Waals surface area contributed by atoms with Crippen molar-refractivity contribution in [3.8, 4) is 11.3 Å². The second kappa shape index (κ2) is 7.25. The number of nitrogens with zero attached hydrogens (tertiary/aromatic N) is 1. The standard InChI is InChI=1S/C20H18N2O3S/c23-12-25-18-7-3-6-16(18)19(24)22-20-21-17(11-26-20)15-9-8-13-4-1-2-5-14(13)10-15/h1-2,4-5,8-12,16,18H,3,6-7H2,(H,21,22,24). The van der Waals surface area contributed by atoms with Crippen molar-refractivity contribution in [1.29, 1.82) is 0 Å². The number of rotatable bonds is 5. The summed E-state index contributed by atoms with van der Waals surface area (Å²) in [7, 11) is 0. The van der Waals surface area contributed by atoms with E-state index in [1.165, 1.54) is 16.7 Å². The first-order valence-electron chi connectivity index (χ1n) is 8.59. The molecule has 132 valence electrons. The first-order chi connectivity index (χ1) is 12.7. The molecule has 1 aliphatic carbocycles. The second-order valence-corrected chi connectivity index (χ2v) is 7.26. The SMILES string of the molecule is O=COC1CCCC1C(=O)Nc1nc(-c2ccc3ccccc3c2)cs1. The molecule has 6 heteroatoms. The Hall–Kier alpha value is -2.73. The molecule has 1 saturated carbocycles. The van der Waals surface area contributed by atoms with E-state index in [1.54, 1.807) is 0 Å². The van der Waals surface area contributed by atoms with Crippen LogP contribution in [0, 0.1) is 5.92 Å². The number of carbonyl (C=O) groups excluding carboxylic acids is 2. The molecule has 1 aromatic heterocycles. The highest BCUT2D eigenvalue weighted by atomic mass is 32.1. The van der Waals surface area contributed by atoms with E-state index in [4.69, 9.17) is 4.74 Å². The van der Waals surface area contributed by atoms with Crippen LogP contribution in [0.5, 0.6) is 0 Å². The highest BCUT2D eigenvalue weighted by Crippen LogP contribution is 2.31. The van der Waals surface area contributed by atoms with Gasteiger partial charge < -0.3 is 10.1 Å². The van der Waals surface area contributed by atoms with Gasteiger partial charge >= 0.3 is 0 Å². The fourth-order valence-electron chi connectivity index (χ4n) is 3.47. The maximum Gasteiger partial charge on any atom is 0.293 e. The molecule has 1 amide bonds. The van der Waals surface area contributed by atoms with Gasteiger partial charge in [0.2, 0.25) is 5.91 Å². The molecule has 3 aromatic rings. The summed E-state index contributed by atoms with van der Waals surface area (Å²) in [5.74, 6) is -0.429. The van der Waals surface area contributed by atoms with Crippen LogP contribution in [0.1, 0.15) is 19.3 Å². The molecule has 26 heavy (non-hydrogen) atoms. The van der Waals surface area contributed by atoms with Gasteiger partial charge in [0.1, 0.15) is 6.10 Å². The quantitative estimate of drug-likeness (QED) is 0.686. The third-order valence-electron chi connectivity index (χ3n) is 4.80. The van der Waals surface area contributed by atoms with Gasteiger partial charge in [-0.15, -0.1) is 11.3 Å². The molecule has 4 rings (SSSR count). The highest BCUT2D eigenvalue weighted by molar-refractivity contribution is 7.14. The highest BCUT2D eigenvalue weighted by Gasteiger charge is 2.34. The number of hydrogen-bond donors (Lipinski definition) is 1. The van der Waals surface area contributed by atoms with Crippen molar-refractivity contribution in [2.45, 2.75) is 25.4 Å². The molecule has 1 aliphatic rings. The Balaban J connectivity index is 1.50. The Labute approximate surface area is 155 Å². The zero-order valence-corrected chi connectivity index (χ0v) is 14.9. The van der Waals surface area contributed by atoms with Gasteiger partial charge in [-0.2, -0.15) is 0 Å². The summed E-state index contributed by atoms with van der Waals surface area (Å²) in [6, 6.07) is 14.4. The van der Waals surface area contributed by atoms with E-state index in [1.807, 2.05) is 23.6 Å². The van der Waals surface area contributed by atoms with E-state index in [0.717, 1.165) is 35.9 Å². The van der Waals surface area contributed by atoms with Crippen molar-refractivity contribution in [3.63, 3.8) is 0 Å². The van der Waals surface area contributed by atoms with Crippen LogP contribution in [0.25, 0.3) is 22.0 Å². The molecule has 0 saturated heterocycles. The molecule has 2 atom stereocenters. The predicted molar refractivity (Wildman–Crippen MR) is 102 cm³/mol. The Morgan fingerprint density at radius 2 is 2.04 bits per heavy atom. The zero-order chi connectivity index (χ0) is 17.9. The summed E-state index contributed by atoms with van der Waals surface area (Å²) >= 11 is 1.40. The van der Waals surface area contributed by atoms with Crippen molar-refractivity contribution >= 4 is 39.6 Å². The molecule has 0 radical (unpaired) electrons. The van der Waals surface area contributed by atoms with Gasteiger partial charge in [-0.05, 0) is 36.1 Å². The smallest absolute Gasteiger partial charge is 0.293 e. The van der Waals surface area contributed by atoms with E-state index in [0.29, 0.717) is 11.6 Å². The number of anilines is 1. The summed E-state index contributed by atoms with van der Waals surface area (Å²) < 4.78 is 5.03. The molecule has 1 N–H and O–H groups in total. The molecule has 0 aliphatic heterocycles. The minimum Gasteiger partial charge on any atom is -0.464 e. The van der Waals surface area contributed by atoms with E-state index in [9.17, 15) is 9.59 Å². The minimum atomic E-state index is -0.326. The Bertz CT molecular complexity index is 953. The van der Waals surface area contributed by atoms with Gasteiger partial charge in [0.15, 0.2) is 5.13 Å². The molecule has 0 bridgehead atoms. The van der Waals surface area contributed by atoms with Crippen LogP contribution in [0.2, 0.25) is 0 Å². The summed E-state index contributed by atoms with van der Waals surface area (Å²) in [6.45, 7) is 0.428. The van der Waals surface area contributed by atoms with Gasteiger partial charge in [-0.25, -0.2) is 4.98 Å². The third kappa shape index (κ3) is 3.32. The second-order valence-electron chi connectivity index (χ2n) is 6.40. The van der Waals surface area contributed by atoms with Gasteiger partial charge in [-0.1, -0.05) is 36.4 Å². The number of thiazole rings is 1. The number of carbonyl (C=O) groups is 2. The van der Waals surface area contributed by atoms with E-state index in [-0.39, 0.29) is 17.9 Å². The van der Waals surface area contributed by atoms with Crippen LogP contribution in [0.15, 0.2) is 47.8 Å². The van der Waals surface area contributed by atoms with Crippen LogP contribution in [-0.2, 0) is 14.3 Å². The average Bonchev–Trinajstić information content (AvgIpc) is 3.31. The number of amides is 1. The molecule has 2 unspecified atom stereocenters. The Morgan fingerprint density at radius 3 is 2.88 bits per heavy atom. The van der Waals surface area contributed by atoms with E-state index in [2.05, 4.69) is 34.6 Å². The van der Waals surface area contributed by atoms with E-state index < -0.39 is 0 Å². The summed E-state index contributed by atoms with van der Waals surface area (Å²) in [5.41, 5.74) is 1.85. The molecular formula is C20H18N2O3S. The first kappa shape index (κ1) is 16.7. The van der Waals surface area contributed by atoms with Gasteiger partial charge in [0, 0.05) is 10.9 Å². The lowest BCUT2D eigenvalue weighted by molar-refractivity contribution is -0.137. The van der Waals surface area contributed by atoms with Crippen molar-refractivity contribution in [3.05, 3.63) is 47.8 Å². The number of fused-ring (bicyclic) bond motifs is 1. The van der Waals surface area contributed by atoms with Gasteiger partial charge in [0.05, 0.1) is 11.6 Å². The molecule has 1 fully saturated rings. The normalized spacial score (nSPS) is 19.4. The van der Waals surface area contributed by atoms with Crippen LogP contribution < -0.4 is 5.32 Å². The lowest BCUT2D eigenvalue weighted by Crippen LogP contribution is -2.30. The Kier molecular flexibility index (Phi) is 4.67. The summed E-state index contributed by atoms with van der Waals surface area (Å²) in [5, 5.41) is 7.71. The van der Waals surface area contributed by atoms with Crippen molar-refractivity contribution in [1.82, 2.24) is 4.98 Å². The topological polar surface area (TPSA) is 68.3 Å². The largest absolute Gasteiger partial charge is 0.464 e. The monoisotopic (exact) mass is 366 g/mol. The number of benzene rings is 2. The lowest BCUT2D eigenvalue weighted by Gasteiger charge is -2.16. The molecule has 5 nitrogen and oxygen atoms in total. The van der Waals surface area contributed by atoms with Crippen molar-refractivity contribution < 1.29 is 14.3 Å². The van der Waals surface area contributed by atoms with Crippen molar-refractivity contribution in [2.24, 2.45) is 5.92 Å². The third-order valence-corrected chi connectivity index (χ3v) is 5.56. The first-order valence-corrected chi connectivity index (χ1v) is 9.47. The summed E-state index contributed by atoms with van der Waals surface area (Å²) in [6.07, 6.45) is 2.02. The molecule has 2 aromatic carbocycles. The fraction of sp³-hybridized carbons (Fsp3) is 0.250. The number of nitrogens with one attached hydrogen (secondary N) is 1. The maximum atomic E-state index is 12.5. The van der Waals surface area contributed by atoms with Crippen LogP contribution >= 0.6 is 11.3 Å². The van der Waals surface area contributed by atoms with Crippen LogP contribution in [0.3, 0.4) is 0 Å². The van der Waals surface area contributed by atoms with Crippen LogP contribution in [-0.4, -0.2) is 23.5 Å². The zero-order valence-electron chi connectivity index (χ0n) is 14.1. The fourth-order valence-corrected chi connectivity index (χ4v) is 4.19. The summed E-state index contributed by atoms with van der Waals surface area (Å²) in [4.78, 5) is 27.6. The number of ether oxygens (including phenoxy) is 1. The molecule has 1 heterocycles. The van der Waals surface area contributed by atoms with Gasteiger partial charge in [0.25, 0.3) is 6.47 Å². The predicted octanol–water partition coefficient (Wildman–Crippen LogP) is 4.24. The molecule has 0 spiro atoms. The lowest BCUT2D eigenvalue weighted by atomic mass is 10.1. The average molecular weight is 366 g/mol. The Morgan fingerprint density at radius 1 is 1.19 bits per heavy atom.